The van der Waals surface area contributed by atoms with Crippen molar-refractivity contribution in [3.05, 3.63) is 30.6 Å². The van der Waals surface area contributed by atoms with E-state index in [0.717, 1.165) is 17.1 Å². The van der Waals surface area contributed by atoms with Crippen LogP contribution in [0.2, 0.25) is 0 Å². The molecule has 0 atom stereocenters. The fourth-order valence-corrected chi connectivity index (χ4v) is 1.95. The predicted molar refractivity (Wildman–Crippen MR) is 73.5 cm³/mol. The third-order valence-electron chi connectivity index (χ3n) is 2.44. The summed E-state index contributed by atoms with van der Waals surface area (Å²) in [5, 5.41) is 11.4. The van der Waals surface area contributed by atoms with Crippen LogP contribution in [0.3, 0.4) is 0 Å². The monoisotopic (exact) mass is 308 g/mol. The Kier molecular flexibility index (Phi) is 4.09. The van der Waals surface area contributed by atoms with Gasteiger partial charge in [0.05, 0.1) is 0 Å². The summed E-state index contributed by atoms with van der Waals surface area (Å²) in [7, 11) is 1.88. The Bertz CT molecular complexity index is 553. The standard InChI is InChI=1S/C12H13BrN4O/c1-17-8-14-16-12(17)9-3-2-4-10(7-9)15-11(18)5-6-13/h2-4,7-8H,5-6H2,1H3,(H,15,18). The molecule has 1 aromatic heterocycles. The molecule has 0 spiro atoms. The topological polar surface area (TPSA) is 59.8 Å². The van der Waals surface area contributed by atoms with Crippen LogP contribution >= 0.6 is 15.9 Å². The molecule has 1 aromatic carbocycles. The fourth-order valence-electron chi connectivity index (χ4n) is 1.59. The van der Waals surface area contributed by atoms with Crippen LogP contribution in [-0.2, 0) is 11.8 Å². The average molecular weight is 309 g/mol. The van der Waals surface area contributed by atoms with Crippen LogP contribution in [-0.4, -0.2) is 26.0 Å². The number of rotatable bonds is 4. The van der Waals surface area contributed by atoms with Gasteiger partial charge in [-0.15, -0.1) is 10.2 Å². The highest BCUT2D eigenvalue weighted by atomic mass is 79.9. The van der Waals surface area contributed by atoms with Gasteiger partial charge < -0.3 is 9.88 Å². The van der Waals surface area contributed by atoms with Crippen molar-refractivity contribution >= 4 is 27.5 Å². The van der Waals surface area contributed by atoms with Crippen LogP contribution in [0, 0.1) is 0 Å². The maximum atomic E-state index is 11.5. The molecule has 2 rings (SSSR count). The van der Waals surface area contributed by atoms with Crippen molar-refractivity contribution in [1.82, 2.24) is 14.8 Å². The molecule has 0 saturated carbocycles. The number of carbonyl (C=O) groups excluding carboxylic acids is 1. The van der Waals surface area contributed by atoms with E-state index in [0.29, 0.717) is 11.8 Å². The Hall–Kier alpha value is -1.69. The molecule has 0 aliphatic heterocycles. The summed E-state index contributed by atoms with van der Waals surface area (Å²) in [6, 6.07) is 7.56. The lowest BCUT2D eigenvalue weighted by atomic mass is 10.2. The Morgan fingerprint density at radius 2 is 2.33 bits per heavy atom. The van der Waals surface area contributed by atoms with Gasteiger partial charge in [-0.1, -0.05) is 28.1 Å². The summed E-state index contributed by atoms with van der Waals surface area (Å²) in [4.78, 5) is 11.5. The lowest BCUT2D eigenvalue weighted by Gasteiger charge is -2.06. The molecular formula is C12H13BrN4O. The Balaban J connectivity index is 2.20. The van der Waals surface area contributed by atoms with Crippen molar-refractivity contribution < 1.29 is 4.79 Å². The van der Waals surface area contributed by atoms with Gasteiger partial charge in [-0.05, 0) is 12.1 Å². The van der Waals surface area contributed by atoms with E-state index in [1.165, 1.54) is 0 Å². The number of nitrogens with one attached hydrogen (secondary N) is 1. The third-order valence-corrected chi connectivity index (χ3v) is 2.83. The Labute approximate surface area is 113 Å². The van der Waals surface area contributed by atoms with Gasteiger partial charge in [0.15, 0.2) is 5.82 Å². The van der Waals surface area contributed by atoms with Gasteiger partial charge in [0.25, 0.3) is 0 Å². The van der Waals surface area contributed by atoms with E-state index in [9.17, 15) is 4.79 Å². The molecule has 94 valence electrons. The first kappa shape index (κ1) is 12.8. The van der Waals surface area contributed by atoms with Gasteiger partial charge in [-0.3, -0.25) is 4.79 Å². The molecule has 1 N–H and O–H groups in total. The summed E-state index contributed by atoms with van der Waals surface area (Å²) >= 11 is 3.24. The Morgan fingerprint density at radius 3 is 3.00 bits per heavy atom. The van der Waals surface area contributed by atoms with E-state index in [1.54, 1.807) is 6.33 Å². The fraction of sp³-hybridized carbons (Fsp3) is 0.250. The first-order chi connectivity index (χ1) is 8.70. The highest BCUT2D eigenvalue weighted by molar-refractivity contribution is 9.09. The molecule has 0 fully saturated rings. The molecule has 1 heterocycles. The highest BCUT2D eigenvalue weighted by Gasteiger charge is 2.06. The molecular weight excluding hydrogens is 296 g/mol. The van der Waals surface area contributed by atoms with Crippen LogP contribution < -0.4 is 5.32 Å². The zero-order valence-corrected chi connectivity index (χ0v) is 11.5. The highest BCUT2D eigenvalue weighted by Crippen LogP contribution is 2.20. The van der Waals surface area contributed by atoms with E-state index >= 15 is 0 Å². The number of anilines is 1. The van der Waals surface area contributed by atoms with Crippen LogP contribution in [0.15, 0.2) is 30.6 Å². The molecule has 0 saturated heterocycles. The van der Waals surface area contributed by atoms with Crippen molar-refractivity contribution in [2.24, 2.45) is 7.05 Å². The third kappa shape index (κ3) is 2.95. The number of benzene rings is 1. The van der Waals surface area contributed by atoms with Crippen molar-refractivity contribution in [2.75, 3.05) is 10.6 Å². The first-order valence-corrected chi connectivity index (χ1v) is 6.63. The van der Waals surface area contributed by atoms with Crippen LogP contribution in [0.5, 0.6) is 0 Å². The molecule has 0 aliphatic rings. The van der Waals surface area contributed by atoms with E-state index in [4.69, 9.17) is 0 Å². The quantitative estimate of drug-likeness (QED) is 0.881. The zero-order valence-electron chi connectivity index (χ0n) is 9.93. The van der Waals surface area contributed by atoms with Crippen molar-refractivity contribution in [2.45, 2.75) is 6.42 Å². The van der Waals surface area contributed by atoms with Crippen LogP contribution in [0.25, 0.3) is 11.4 Å². The van der Waals surface area contributed by atoms with Crippen LogP contribution in [0.4, 0.5) is 5.69 Å². The summed E-state index contributed by atoms with van der Waals surface area (Å²) in [6.45, 7) is 0. The van der Waals surface area contributed by atoms with Crippen molar-refractivity contribution in [1.29, 1.82) is 0 Å². The van der Waals surface area contributed by atoms with Gasteiger partial charge in [0, 0.05) is 30.0 Å². The number of alkyl halides is 1. The van der Waals surface area contributed by atoms with Crippen molar-refractivity contribution in [3.63, 3.8) is 0 Å². The summed E-state index contributed by atoms with van der Waals surface area (Å²) in [6.07, 6.45) is 2.10. The zero-order chi connectivity index (χ0) is 13.0. The van der Waals surface area contributed by atoms with Crippen molar-refractivity contribution in [3.8, 4) is 11.4 Å². The van der Waals surface area contributed by atoms with Gasteiger partial charge in [0.1, 0.15) is 6.33 Å². The maximum Gasteiger partial charge on any atom is 0.225 e. The smallest absolute Gasteiger partial charge is 0.225 e. The summed E-state index contributed by atoms with van der Waals surface area (Å²) < 4.78 is 1.83. The molecule has 0 unspecified atom stereocenters. The normalized spacial score (nSPS) is 10.3. The molecule has 0 aliphatic carbocycles. The summed E-state index contributed by atoms with van der Waals surface area (Å²) in [5.41, 5.74) is 1.69. The first-order valence-electron chi connectivity index (χ1n) is 5.51. The second-order valence-electron chi connectivity index (χ2n) is 3.83. The molecule has 6 heteroatoms. The van der Waals surface area contributed by atoms with Gasteiger partial charge in [-0.25, -0.2) is 0 Å². The molecule has 0 bridgehead atoms. The molecule has 2 aromatic rings. The lowest BCUT2D eigenvalue weighted by Crippen LogP contribution is -2.11. The number of halogens is 1. The largest absolute Gasteiger partial charge is 0.326 e. The van der Waals surface area contributed by atoms with Gasteiger partial charge in [-0.2, -0.15) is 0 Å². The number of carbonyl (C=O) groups is 1. The molecule has 5 nitrogen and oxygen atoms in total. The van der Waals surface area contributed by atoms with E-state index in [-0.39, 0.29) is 5.91 Å². The van der Waals surface area contributed by atoms with Crippen LogP contribution in [0.1, 0.15) is 6.42 Å². The number of aromatic nitrogens is 3. The predicted octanol–water partition coefficient (Wildman–Crippen LogP) is 2.21. The maximum absolute atomic E-state index is 11.5. The molecule has 1 amide bonds. The number of hydrogen-bond acceptors (Lipinski definition) is 3. The minimum Gasteiger partial charge on any atom is -0.326 e. The van der Waals surface area contributed by atoms with Gasteiger partial charge >= 0.3 is 0 Å². The minimum atomic E-state index is -0.0120. The van der Waals surface area contributed by atoms with Gasteiger partial charge in [0.2, 0.25) is 5.91 Å². The minimum absolute atomic E-state index is 0.0120. The molecule has 18 heavy (non-hydrogen) atoms. The van der Waals surface area contributed by atoms with E-state index in [2.05, 4.69) is 31.4 Å². The Morgan fingerprint density at radius 1 is 1.50 bits per heavy atom. The molecule has 0 radical (unpaired) electrons. The summed E-state index contributed by atoms with van der Waals surface area (Å²) in [5.74, 6) is 0.758. The second-order valence-corrected chi connectivity index (χ2v) is 4.63. The second kappa shape index (κ2) is 5.77. The van der Waals surface area contributed by atoms with E-state index in [1.807, 2.05) is 35.9 Å². The van der Waals surface area contributed by atoms with E-state index < -0.39 is 0 Å². The lowest BCUT2D eigenvalue weighted by molar-refractivity contribution is -0.115. The SMILES string of the molecule is Cn1cnnc1-c1cccc(NC(=O)CCBr)c1. The number of aryl methyl sites for hydroxylation is 1. The number of nitrogens with zero attached hydrogens (tertiary/aromatic N) is 3. The number of hydrogen-bond donors (Lipinski definition) is 1. The number of amides is 1. The average Bonchev–Trinajstić information content (AvgIpc) is 2.76.